The fraction of sp³-hybridized carbons (Fsp3) is 0.385. The highest BCUT2D eigenvalue weighted by molar-refractivity contribution is 6.21. The fourth-order valence-electron chi connectivity index (χ4n) is 3.81. The van der Waals surface area contributed by atoms with Gasteiger partial charge in [0, 0.05) is 25.0 Å². The van der Waals surface area contributed by atoms with Crippen molar-refractivity contribution in [3.05, 3.63) is 71.3 Å². The summed E-state index contributed by atoms with van der Waals surface area (Å²) in [6.45, 7) is 7.84. The van der Waals surface area contributed by atoms with Crippen molar-refractivity contribution in [2.24, 2.45) is 0 Å². The number of carbonyl (C=O) groups is 4. The molecule has 1 aliphatic heterocycles. The second-order valence-corrected chi connectivity index (χ2v) is 9.33. The summed E-state index contributed by atoms with van der Waals surface area (Å²) in [5.74, 6) is -1.09. The second kappa shape index (κ2) is 9.98. The monoisotopic (exact) mass is 449 g/mol. The summed E-state index contributed by atoms with van der Waals surface area (Å²) in [7, 11) is 0. The van der Waals surface area contributed by atoms with Crippen molar-refractivity contribution in [2.45, 2.75) is 58.7 Å². The van der Waals surface area contributed by atoms with E-state index in [0.717, 1.165) is 5.56 Å². The molecular weight excluding hydrogens is 418 g/mol. The molecule has 2 aromatic carbocycles. The van der Waals surface area contributed by atoms with Crippen molar-refractivity contribution in [2.75, 3.05) is 6.54 Å². The van der Waals surface area contributed by atoms with E-state index < -0.39 is 11.6 Å². The van der Waals surface area contributed by atoms with E-state index in [2.05, 4.69) is 5.32 Å². The zero-order chi connectivity index (χ0) is 24.2. The van der Waals surface area contributed by atoms with E-state index in [9.17, 15) is 19.2 Å². The van der Waals surface area contributed by atoms with E-state index in [1.807, 2.05) is 51.1 Å². The Labute approximate surface area is 194 Å². The van der Waals surface area contributed by atoms with Gasteiger partial charge in [-0.1, -0.05) is 42.5 Å². The quantitative estimate of drug-likeness (QED) is 0.626. The summed E-state index contributed by atoms with van der Waals surface area (Å²) in [6.07, 6.45) is 0.441. The zero-order valence-electron chi connectivity index (χ0n) is 19.6. The minimum atomic E-state index is -0.670. The van der Waals surface area contributed by atoms with Gasteiger partial charge in [-0.15, -0.1) is 0 Å². The molecule has 0 unspecified atom stereocenters. The smallest absolute Gasteiger partial charge is 0.261 e. The number of amides is 4. The predicted octanol–water partition coefficient (Wildman–Crippen LogP) is 3.39. The first-order valence-electron chi connectivity index (χ1n) is 11.2. The third kappa shape index (κ3) is 5.86. The topological polar surface area (TPSA) is 86.8 Å². The van der Waals surface area contributed by atoms with Gasteiger partial charge in [-0.25, -0.2) is 0 Å². The van der Waals surface area contributed by atoms with Gasteiger partial charge >= 0.3 is 0 Å². The van der Waals surface area contributed by atoms with Gasteiger partial charge in [0.2, 0.25) is 11.8 Å². The van der Waals surface area contributed by atoms with Gasteiger partial charge in [-0.3, -0.25) is 24.1 Å². The van der Waals surface area contributed by atoms with E-state index in [1.54, 1.807) is 36.1 Å². The van der Waals surface area contributed by atoms with Crippen LogP contribution in [0.25, 0.3) is 0 Å². The highest BCUT2D eigenvalue weighted by Gasteiger charge is 2.35. The first-order valence-corrected chi connectivity index (χ1v) is 11.2. The van der Waals surface area contributed by atoms with Crippen LogP contribution in [0, 0.1) is 0 Å². The lowest BCUT2D eigenvalue weighted by atomic mass is 10.1. The molecule has 0 bridgehead atoms. The lowest BCUT2D eigenvalue weighted by molar-refractivity contribution is -0.141. The fourth-order valence-corrected chi connectivity index (χ4v) is 3.81. The normalized spacial score (nSPS) is 14.1. The standard InChI is InChI=1S/C26H31N3O4/c1-18(23(31)27-26(2,3)4)29(17-19-11-6-5-7-12-19)22(30)15-10-16-28-24(32)20-13-8-9-14-21(20)25(28)33/h5-9,11-14,18H,10,15-17H2,1-4H3,(H,27,31)/t18-/m1/s1. The molecule has 1 heterocycles. The Bertz CT molecular complexity index is 1010. The third-order valence-corrected chi connectivity index (χ3v) is 5.51. The molecule has 3 rings (SSSR count). The van der Waals surface area contributed by atoms with Crippen LogP contribution in [0.4, 0.5) is 0 Å². The van der Waals surface area contributed by atoms with Crippen molar-refractivity contribution < 1.29 is 19.2 Å². The molecular formula is C26H31N3O4. The van der Waals surface area contributed by atoms with Crippen molar-refractivity contribution in [1.29, 1.82) is 0 Å². The average molecular weight is 450 g/mol. The Morgan fingerprint density at radius 1 is 0.939 bits per heavy atom. The van der Waals surface area contributed by atoms with Crippen LogP contribution in [-0.4, -0.2) is 51.6 Å². The third-order valence-electron chi connectivity index (χ3n) is 5.51. The maximum Gasteiger partial charge on any atom is 0.261 e. The summed E-state index contributed by atoms with van der Waals surface area (Å²) >= 11 is 0. The Kier molecular flexibility index (Phi) is 7.31. The minimum absolute atomic E-state index is 0.118. The first kappa shape index (κ1) is 24.2. The minimum Gasteiger partial charge on any atom is -0.350 e. The van der Waals surface area contributed by atoms with Crippen LogP contribution < -0.4 is 5.32 Å². The van der Waals surface area contributed by atoms with Crippen molar-refractivity contribution in [3.63, 3.8) is 0 Å². The van der Waals surface area contributed by atoms with Gasteiger partial charge in [0.25, 0.3) is 11.8 Å². The number of nitrogens with zero attached hydrogens (tertiary/aromatic N) is 2. The Balaban J connectivity index is 1.66. The molecule has 7 nitrogen and oxygen atoms in total. The molecule has 0 radical (unpaired) electrons. The van der Waals surface area contributed by atoms with E-state index in [1.165, 1.54) is 4.90 Å². The number of imide groups is 1. The molecule has 0 aromatic heterocycles. The molecule has 0 aliphatic carbocycles. The number of hydrogen-bond donors (Lipinski definition) is 1. The average Bonchev–Trinajstić information content (AvgIpc) is 3.01. The highest BCUT2D eigenvalue weighted by Crippen LogP contribution is 2.23. The van der Waals surface area contributed by atoms with Gasteiger partial charge in [0.15, 0.2) is 0 Å². The molecule has 0 fully saturated rings. The maximum absolute atomic E-state index is 13.2. The summed E-state index contributed by atoms with van der Waals surface area (Å²) in [4.78, 5) is 53.8. The molecule has 1 N–H and O–H groups in total. The molecule has 7 heteroatoms. The van der Waals surface area contributed by atoms with Crippen molar-refractivity contribution in [3.8, 4) is 0 Å². The largest absolute Gasteiger partial charge is 0.350 e. The SMILES string of the molecule is C[C@H](C(=O)NC(C)(C)C)N(Cc1ccccc1)C(=O)CCCN1C(=O)c2ccccc2C1=O. The predicted molar refractivity (Wildman–Crippen MR) is 125 cm³/mol. The molecule has 2 aromatic rings. The molecule has 4 amide bonds. The molecule has 0 saturated heterocycles. The van der Waals surface area contributed by atoms with Crippen LogP contribution in [-0.2, 0) is 16.1 Å². The van der Waals surface area contributed by atoms with Gasteiger partial charge < -0.3 is 10.2 Å². The first-order chi connectivity index (χ1) is 15.6. The van der Waals surface area contributed by atoms with Crippen molar-refractivity contribution in [1.82, 2.24) is 15.1 Å². The van der Waals surface area contributed by atoms with E-state index >= 15 is 0 Å². The number of nitrogens with one attached hydrogen (secondary N) is 1. The van der Waals surface area contributed by atoms with E-state index in [4.69, 9.17) is 0 Å². The Morgan fingerprint density at radius 2 is 1.48 bits per heavy atom. The number of carbonyl (C=O) groups excluding carboxylic acids is 4. The van der Waals surface area contributed by atoms with Gasteiger partial charge in [-0.05, 0) is 51.8 Å². The van der Waals surface area contributed by atoms with Gasteiger partial charge in [-0.2, -0.15) is 0 Å². The zero-order valence-corrected chi connectivity index (χ0v) is 19.6. The molecule has 0 saturated carbocycles. The van der Waals surface area contributed by atoms with E-state index in [0.29, 0.717) is 24.1 Å². The van der Waals surface area contributed by atoms with Crippen LogP contribution in [0.3, 0.4) is 0 Å². The van der Waals surface area contributed by atoms with Crippen LogP contribution in [0.2, 0.25) is 0 Å². The summed E-state index contributed by atoms with van der Waals surface area (Å²) in [6, 6.07) is 15.5. The molecule has 1 atom stereocenters. The van der Waals surface area contributed by atoms with Crippen LogP contribution in [0.15, 0.2) is 54.6 Å². The molecule has 0 spiro atoms. The number of fused-ring (bicyclic) bond motifs is 1. The molecule has 174 valence electrons. The summed E-state index contributed by atoms with van der Waals surface area (Å²) < 4.78 is 0. The number of benzene rings is 2. The summed E-state index contributed by atoms with van der Waals surface area (Å²) in [5, 5.41) is 2.93. The molecule has 33 heavy (non-hydrogen) atoms. The van der Waals surface area contributed by atoms with Gasteiger partial charge in [0.1, 0.15) is 6.04 Å². The van der Waals surface area contributed by atoms with E-state index in [-0.39, 0.29) is 36.6 Å². The summed E-state index contributed by atoms with van der Waals surface area (Å²) in [5.41, 5.74) is 1.29. The van der Waals surface area contributed by atoms with Crippen LogP contribution in [0.5, 0.6) is 0 Å². The number of hydrogen-bond acceptors (Lipinski definition) is 4. The second-order valence-electron chi connectivity index (χ2n) is 9.33. The number of rotatable bonds is 8. The van der Waals surface area contributed by atoms with Gasteiger partial charge in [0.05, 0.1) is 11.1 Å². The highest BCUT2D eigenvalue weighted by atomic mass is 16.2. The molecule has 1 aliphatic rings. The Morgan fingerprint density at radius 3 is 2.03 bits per heavy atom. The lowest BCUT2D eigenvalue weighted by Crippen LogP contribution is -2.52. The Hall–Kier alpha value is -3.48. The van der Waals surface area contributed by atoms with Crippen molar-refractivity contribution >= 4 is 23.6 Å². The van der Waals surface area contributed by atoms with Crippen LogP contribution >= 0.6 is 0 Å². The maximum atomic E-state index is 13.2. The van der Waals surface area contributed by atoms with Crippen LogP contribution in [0.1, 0.15) is 66.8 Å². The lowest BCUT2D eigenvalue weighted by Gasteiger charge is -2.31.